The molecule has 0 aliphatic carbocycles. The molecule has 2 atom stereocenters. The number of piperazine rings is 1. The van der Waals surface area contributed by atoms with Crippen molar-refractivity contribution in [2.24, 2.45) is 17.8 Å². The topological polar surface area (TPSA) is 59.6 Å². The van der Waals surface area contributed by atoms with Gasteiger partial charge in [-0.2, -0.15) is 9.97 Å². The molecule has 2 fully saturated rings. The van der Waals surface area contributed by atoms with E-state index in [1.54, 1.807) is 0 Å². The van der Waals surface area contributed by atoms with Crippen LogP contribution < -0.4 is 25.3 Å². The molecular formula is C26H39N7S. The molecule has 1 aromatic heterocycles. The Morgan fingerprint density at radius 3 is 2.15 bits per heavy atom. The highest BCUT2D eigenvalue weighted by atomic mass is 32.1. The number of nitrogens with zero attached hydrogens (tertiary/aromatic N) is 5. The van der Waals surface area contributed by atoms with Crippen LogP contribution in [-0.2, 0) is 0 Å². The molecule has 0 saturated carbocycles. The van der Waals surface area contributed by atoms with Gasteiger partial charge in [-0.25, -0.2) is 0 Å². The fraction of sp³-hybridized carbons (Fsp3) is 0.577. The first-order chi connectivity index (χ1) is 16.4. The molecule has 3 heterocycles. The summed E-state index contributed by atoms with van der Waals surface area (Å²) >= 11 is 5.52. The van der Waals surface area contributed by atoms with Crippen LogP contribution in [0.1, 0.15) is 34.1 Å². The first-order valence-corrected chi connectivity index (χ1v) is 13.0. The van der Waals surface area contributed by atoms with Crippen LogP contribution in [0.4, 0.5) is 23.3 Å². The Labute approximate surface area is 209 Å². The van der Waals surface area contributed by atoms with Crippen molar-refractivity contribution < 1.29 is 0 Å². The maximum Gasteiger partial charge on any atom is 0.232 e. The number of para-hydroxylation sites is 1. The summed E-state index contributed by atoms with van der Waals surface area (Å²) in [6.45, 7) is 15.7. The molecule has 2 saturated heterocycles. The predicted octanol–water partition coefficient (Wildman–Crippen LogP) is 4.23. The van der Waals surface area contributed by atoms with E-state index in [2.05, 4.69) is 89.4 Å². The van der Waals surface area contributed by atoms with Crippen LogP contribution >= 0.6 is 12.2 Å². The van der Waals surface area contributed by atoms with Crippen LogP contribution in [-0.4, -0.2) is 60.9 Å². The Bertz CT molecular complexity index is 933. The number of hydrogen-bond acceptors (Lipinski definition) is 6. The second kappa shape index (κ2) is 11.2. The number of piperidine rings is 1. The van der Waals surface area contributed by atoms with E-state index in [1.807, 2.05) is 0 Å². The number of nitrogens with one attached hydrogen (secondary N) is 2. The van der Waals surface area contributed by atoms with Crippen molar-refractivity contribution in [2.75, 3.05) is 65.8 Å². The molecule has 2 N–H and O–H groups in total. The predicted molar refractivity (Wildman–Crippen MR) is 147 cm³/mol. The van der Waals surface area contributed by atoms with Crippen LogP contribution in [0.3, 0.4) is 0 Å². The van der Waals surface area contributed by atoms with Crippen molar-refractivity contribution in [1.82, 2.24) is 15.3 Å². The molecule has 184 valence electrons. The normalized spacial score (nSPS) is 21.0. The van der Waals surface area contributed by atoms with E-state index in [-0.39, 0.29) is 0 Å². The summed E-state index contributed by atoms with van der Waals surface area (Å²) in [6.07, 6.45) is 1.27. The number of aromatic nitrogens is 2. The van der Waals surface area contributed by atoms with Crippen molar-refractivity contribution in [2.45, 2.75) is 34.1 Å². The lowest BCUT2D eigenvalue weighted by Crippen LogP contribution is -2.47. The molecule has 4 rings (SSSR count). The van der Waals surface area contributed by atoms with Crippen molar-refractivity contribution in [1.29, 1.82) is 0 Å². The van der Waals surface area contributed by atoms with Gasteiger partial charge in [0.2, 0.25) is 5.95 Å². The number of thiocarbonyl (C=S) groups is 1. The molecule has 0 radical (unpaired) electrons. The first-order valence-electron chi connectivity index (χ1n) is 12.6. The molecule has 0 spiro atoms. The van der Waals surface area contributed by atoms with E-state index < -0.39 is 0 Å². The van der Waals surface area contributed by atoms with Crippen LogP contribution in [0, 0.1) is 17.8 Å². The lowest BCUT2D eigenvalue weighted by molar-refractivity contribution is 0.355. The average molecular weight is 482 g/mol. The largest absolute Gasteiger partial charge is 0.368 e. The van der Waals surface area contributed by atoms with Crippen molar-refractivity contribution in [3.63, 3.8) is 0 Å². The van der Waals surface area contributed by atoms with Gasteiger partial charge in [0.1, 0.15) is 11.6 Å². The minimum atomic E-state index is 0.514. The summed E-state index contributed by atoms with van der Waals surface area (Å²) in [5.41, 5.74) is 1.28. The van der Waals surface area contributed by atoms with Gasteiger partial charge in [0.05, 0.1) is 0 Å². The maximum atomic E-state index is 5.52. The number of anilines is 4. The third-order valence-electron chi connectivity index (χ3n) is 6.51. The molecule has 0 amide bonds. The van der Waals surface area contributed by atoms with E-state index in [9.17, 15) is 0 Å². The molecule has 1 aromatic carbocycles. The van der Waals surface area contributed by atoms with Gasteiger partial charge in [0.15, 0.2) is 5.11 Å². The Balaban J connectivity index is 1.52. The Morgan fingerprint density at radius 1 is 0.941 bits per heavy atom. The highest BCUT2D eigenvalue weighted by Gasteiger charge is 2.25. The summed E-state index contributed by atoms with van der Waals surface area (Å²) in [4.78, 5) is 17.0. The van der Waals surface area contributed by atoms with Crippen LogP contribution in [0.25, 0.3) is 0 Å². The highest BCUT2D eigenvalue weighted by Crippen LogP contribution is 2.29. The van der Waals surface area contributed by atoms with Gasteiger partial charge in [-0.15, -0.1) is 0 Å². The van der Waals surface area contributed by atoms with E-state index in [0.29, 0.717) is 28.8 Å². The molecule has 0 bridgehead atoms. The zero-order chi connectivity index (χ0) is 24.1. The molecule has 34 heavy (non-hydrogen) atoms. The number of benzene rings is 1. The van der Waals surface area contributed by atoms with E-state index in [4.69, 9.17) is 22.2 Å². The van der Waals surface area contributed by atoms with Gasteiger partial charge < -0.3 is 25.3 Å². The fourth-order valence-corrected chi connectivity index (χ4v) is 5.10. The van der Waals surface area contributed by atoms with Gasteiger partial charge in [-0.1, -0.05) is 45.9 Å². The van der Waals surface area contributed by atoms with Crippen molar-refractivity contribution in [3.05, 3.63) is 36.4 Å². The van der Waals surface area contributed by atoms with Gasteiger partial charge in [-0.05, 0) is 48.5 Å². The summed E-state index contributed by atoms with van der Waals surface area (Å²) in [5, 5.41) is 7.10. The second-order valence-corrected chi connectivity index (χ2v) is 10.7. The molecule has 0 unspecified atom stereocenters. The van der Waals surface area contributed by atoms with Crippen molar-refractivity contribution >= 4 is 40.6 Å². The number of hydrogen-bond donors (Lipinski definition) is 2. The van der Waals surface area contributed by atoms with Crippen LogP contribution in [0.15, 0.2) is 36.4 Å². The van der Waals surface area contributed by atoms with Gasteiger partial charge in [0, 0.05) is 57.6 Å². The Hall–Kier alpha value is -2.61. The maximum absolute atomic E-state index is 5.52. The lowest BCUT2D eigenvalue weighted by Gasteiger charge is -2.38. The first kappa shape index (κ1) is 24.5. The number of rotatable bonds is 6. The summed E-state index contributed by atoms with van der Waals surface area (Å²) < 4.78 is 0. The SMILES string of the molecule is CC(C)CNC(=S)Nc1nc(N2CCN(c3ccccc3)CC2)cc(N2C[C@H](C)C[C@H](C)C2)n1. The van der Waals surface area contributed by atoms with Crippen molar-refractivity contribution in [3.8, 4) is 0 Å². The van der Waals surface area contributed by atoms with Gasteiger partial charge >= 0.3 is 0 Å². The summed E-state index contributed by atoms with van der Waals surface area (Å²) in [5.74, 6) is 4.36. The Morgan fingerprint density at radius 2 is 1.53 bits per heavy atom. The average Bonchev–Trinajstić information content (AvgIpc) is 2.82. The molecule has 2 aromatic rings. The monoisotopic (exact) mass is 481 g/mol. The zero-order valence-corrected chi connectivity index (χ0v) is 21.8. The molecular weight excluding hydrogens is 442 g/mol. The van der Waals surface area contributed by atoms with E-state index in [0.717, 1.165) is 57.4 Å². The summed E-state index contributed by atoms with van der Waals surface area (Å²) in [7, 11) is 0. The summed E-state index contributed by atoms with van der Waals surface area (Å²) in [6, 6.07) is 12.8. The van der Waals surface area contributed by atoms with Crippen LogP contribution in [0.5, 0.6) is 0 Å². The highest BCUT2D eigenvalue weighted by molar-refractivity contribution is 7.80. The van der Waals surface area contributed by atoms with Gasteiger partial charge in [0.25, 0.3) is 0 Å². The standard InChI is InChI=1S/C26H39N7S/c1-19(2)16-27-26(34)30-25-28-23(15-24(29-25)33-17-20(3)14-21(4)18-33)32-12-10-31(11-13-32)22-8-6-5-7-9-22/h5-9,15,19-21H,10-14,16-18H2,1-4H3,(H2,27,28,29,30,34)/t20-,21+. The molecule has 2 aliphatic heterocycles. The fourth-order valence-electron chi connectivity index (χ4n) is 4.93. The second-order valence-electron chi connectivity index (χ2n) is 10.3. The zero-order valence-electron chi connectivity index (χ0n) is 21.0. The minimum absolute atomic E-state index is 0.514. The van der Waals surface area contributed by atoms with Crippen LogP contribution in [0.2, 0.25) is 0 Å². The third kappa shape index (κ3) is 6.50. The quantitative estimate of drug-likeness (QED) is 0.595. The lowest BCUT2D eigenvalue weighted by atomic mass is 9.92. The third-order valence-corrected chi connectivity index (χ3v) is 6.76. The minimum Gasteiger partial charge on any atom is -0.368 e. The van der Waals surface area contributed by atoms with E-state index in [1.165, 1.54) is 12.1 Å². The molecule has 2 aliphatic rings. The smallest absolute Gasteiger partial charge is 0.232 e. The van der Waals surface area contributed by atoms with E-state index >= 15 is 0 Å². The molecule has 8 heteroatoms. The van der Waals surface area contributed by atoms with Gasteiger partial charge in [-0.3, -0.25) is 0 Å². The Kier molecular flexibility index (Phi) is 8.08. The molecule has 7 nitrogen and oxygen atoms in total.